The van der Waals surface area contributed by atoms with Gasteiger partial charge in [-0.25, -0.2) is 0 Å². The maximum Gasteiger partial charge on any atom is 0.253 e. The van der Waals surface area contributed by atoms with E-state index in [0.717, 1.165) is 49.0 Å². The van der Waals surface area contributed by atoms with Gasteiger partial charge in [0.2, 0.25) is 5.91 Å². The van der Waals surface area contributed by atoms with Crippen molar-refractivity contribution < 1.29 is 9.59 Å². The SMILES string of the molecule is Cc1ccc(C(=O)N2CCC(C(=O)N3CCCc4ccccc43)CC2)cc1. The van der Waals surface area contributed by atoms with E-state index < -0.39 is 0 Å². The van der Waals surface area contributed by atoms with Crippen molar-refractivity contribution in [3.05, 3.63) is 65.2 Å². The molecule has 0 unspecified atom stereocenters. The van der Waals surface area contributed by atoms with Gasteiger partial charge in [-0.05, 0) is 56.4 Å². The lowest BCUT2D eigenvalue weighted by molar-refractivity contribution is -0.123. The van der Waals surface area contributed by atoms with Crippen LogP contribution in [0.15, 0.2) is 48.5 Å². The van der Waals surface area contributed by atoms with Crippen molar-refractivity contribution in [3.63, 3.8) is 0 Å². The number of aryl methyl sites for hydroxylation is 2. The van der Waals surface area contributed by atoms with Crippen LogP contribution in [0.1, 0.15) is 40.7 Å². The third-order valence-electron chi connectivity index (χ3n) is 5.81. The van der Waals surface area contributed by atoms with Crippen molar-refractivity contribution in [2.24, 2.45) is 5.92 Å². The van der Waals surface area contributed by atoms with Gasteiger partial charge in [-0.15, -0.1) is 0 Å². The average molecular weight is 362 g/mol. The smallest absolute Gasteiger partial charge is 0.253 e. The molecular weight excluding hydrogens is 336 g/mol. The van der Waals surface area contributed by atoms with Crippen LogP contribution in [0.4, 0.5) is 5.69 Å². The fraction of sp³-hybridized carbons (Fsp3) is 0.391. The van der Waals surface area contributed by atoms with E-state index in [4.69, 9.17) is 0 Å². The summed E-state index contributed by atoms with van der Waals surface area (Å²) in [5, 5.41) is 0. The number of likely N-dealkylation sites (tertiary alicyclic amines) is 1. The molecule has 2 aromatic carbocycles. The van der Waals surface area contributed by atoms with Crippen LogP contribution in [0, 0.1) is 12.8 Å². The second-order valence-corrected chi connectivity index (χ2v) is 7.65. The van der Waals surface area contributed by atoms with Gasteiger partial charge < -0.3 is 9.80 Å². The molecule has 0 N–H and O–H groups in total. The van der Waals surface area contributed by atoms with Gasteiger partial charge in [0.15, 0.2) is 0 Å². The highest BCUT2D eigenvalue weighted by Crippen LogP contribution is 2.30. The third kappa shape index (κ3) is 3.61. The molecule has 0 radical (unpaired) electrons. The number of amides is 2. The number of rotatable bonds is 2. The van der Waals surface area contributed by atoms with Crippen molar-refractivity contribution in [2.75, 3.05) is 24.5 Å². The lowest BCUT2D eigenvalue weighted by atomic mass is 9.92. The Morgan fingerprint density at radius 2 is 1.63 bits per heavy atom. The fourth-order valence-electron chi connectivity index (χ4n) is 4.19. The van der Waals surface area contributed by atoms with Crippen LogP contribution in [0.5, 0.6) is 0 Å². The minimum Gasteiger partial charge on any atom is -0.339 e. The summed E-state index contributed by atoms with van der Waals surface area (Å²) in [5.74, 6) is 0.312. The second-order valence-electron chi connectivity index (χ2n) is 7.65. The zero-order valence-electron chi connectivity index (χ0n) is 15.9. The van der Waals surface area contributed by atoms with E-state index in [1.54, 1.807) is 0 Å². The number of hydrogen-bond acceptors (Lipinski definition) is 2. The Bertz CT molecular complexity index is 836. The maximum atomic E-state index is 13.1. The Labute approximate surface area is 160 Å². The number of carbonyl (C=O) groups excluding carboxylic acids is 2. The molecule has 2 aromatic rings. The van der Waals surface area contributed by atoms with Crippen molar-refractivity contribution in [3.8, 4) is 0 Å². The van der Waals surface area contributed by atoms with E-state index in [1.165, 1.54) is 5.56 Å². The first-order valence-corrected chi connectivity index (χ1v) is 9.89. The quantitative estimate of drug-likeness (QED) is 0.815. The molecule has 0 aliphatic carbocycles. The van der Waals surface area contributed by atoms with Crippen molar-refractivity contribution >= 4 is 17.5 Å². The number of piperidine rings is 1. The molecule has 0 saturated carbocycles. The molecule has 4 nitrogen and oxygen atoms in total. The van der Waals surface area contributed by atoms with Gasteiger partial charge in [0.1, 0.15) is 0 Å². The maximum absolute atomic E-state index is 13.1. The van der Waals surface area contributed by atoms with Crippen molar-refractivity contribution in [1.82, 2.24) is 4.90 Å². The lowest BCUT2D eigenvalue weighted by Gasteiger charge is -2.36. The van der Waals surface area contributed by atoms with Gasteiger partial charge in [-0.1, -0.05) is 35.9 Å². The molecule has 0 spiro atoms. The first kappa shape index (κ1) is 17.8. The normalized spacial score (nSPS) is 17.5. The number of benzene rings is 2. The molecule has 140 valence electrons. The van der Waals surface area contributed by atoms with E-state index in [9.17, 15) is 9.59 Å². The number of anilines is 1. The summed E-state index contributed by atoms with van der Waals surface area (Å²) in [4.78, 5) is 29.7. The molecule has 1 fully saturated rings. The van der Waals surface area contributed by atoms with Gasteiger partial charge in [0.25, 0.3) is 5.91 Å². The summed E-state index contributed by atoms with van der Waals surface area (Å²) in [5.41, 5.74) is 4.23. The van der Waals surface area contributed by atoms with Gasteiger partial charge in [-0.3, -0.25) is 9.59 Å². The van der Waals surface area contributed by atoms with E-state index in [0.29, 0.717) is 13.1 Å². The Balaban J connectivity index is 1.40. The van der Waals surface area contributed by atoms with E-state index in [1.807, 2.05) is 53.1 Å². The second kappa shape index (κ2) is 7.55. The third-order valence-corrected chi connectivity index (χ3v) is 5.81. The molecule has 2 heterocycles. The molecule has 2 aliphatic heterocycles. The van der Waals surface area contributed by atoms with Crippen LogP contribution >= 0.6 is 0 Å². The Hall–Kier alpha value is -2.62. The minimum atomic E-state index is 0.0122. The Morgan fingerprint density at radius 1 is 0.926 bits per heavy atom. The van der Waals surface area contributed by atoms with Crippen molar-refractivity contribution in [1.29, 1.82) is 0 Å². The van der Waals surface area contributed by atoms with Gasteiger partial charge >= 0.3 is 0 Å². The fourth-order valence-corrected chi connectivity index (χ4v) is 4.19. The average Bonchev–Trinajstić information content (AvgIpc) is 2.73. The Morgan fingerprint density at radius 3 is 2.37 bits per heavy atom. The lowest BCUT2D eigenvalue weighted by Crippen LogP contribution is -2.45. The highest BCUT2D eigenvalue weighted by molar-refractivity contribution is 5.97. The number of nitrogens with zero attached hydrogens (tertiary/aromatic N) is 2. The minimum absolute atomic E-state index is 0.0122. The zero-order valence-corrected chi connectivity index (χ0v) is 15.9. The van der Waals surface area contributed by atoms with Gasteiger partial charge in [-0.2, -0.15) is 0 Å². The monoisotopic (exact) mass is 362 g/mol. The molecule has 0 bridgehead atoms. The molecule has 2 aliphatic rings. The summed E-state index contributed by atoms with van der Waals surface area (Å²) in [7, 11) is 0. The highest BCUT2D eigenvalue weighted by atomic mass is 16.2. The van der Waals surface area contributed by atoms with Gasteiger partial charge in [0.05, 0.1) is 0 Å². The first-order valence-electron chi connectivity index (χ1n) is 9.89. The first-order chi connectivity index (χ1) is 13.1. The van der Waals surface area contributed by atoms with E-state index in [2.05, 4.69) is 12.1 Å². The number of fused-ring (bicyclic) bond motifs is 1. The van der Waals surface area contributed by atoms with E-state index in [-0.39, 0.29) is 17.7 Å². The Kier molecular flexibility index (Phi) is 4.97. The predicted molar refractivity (Wildman–Crippen MR) is 107 cm³/mol. The van der Waals surface area contributed by atoms with Crippen LogP contribution in [-0.4, -0.2) is 36.3 Å². The molecule has 1 saturated heterocycles. The topological polar surface area (TPSA) is 40.6 Å². The standard InChI is InChI=1S/C23H26N2O2/c1-17-8-10-19(11-9-17)22(26)24-15-12-20(13-16-24)23(27)25-14-4-6-18-5-2-3-7-21(18)25/h2-3,5,7-11,20H,4,6,12-16H2,1H3. The molecule has 0 aromatic heterocycles. The molecular formula is C23H26N2O2. The number of hydrogen-bond donors (Lipinski definition) is 0. The molecule has 4 rings (SSSR count). The predicted octanol–water partition coefficient (Wildman–Crippen LogP) is 3.83. The van der Waals surface area contributed by atoms with Crippen LogP contribution in [0.2, 0.25) is 0 Å². The summed E-state index contributed by atoms with van der Waals surface area (Å²) >= 11 is 0. The molecule has 4 heteroatoms. The zero-order chi connectivity index (χ0) is 18.8. The van der Waals surface area contributed by atoms with E-state index >= 15 is 0 Å². The molecule has 2 amide bonds. The highest BCUT2D eigenvalue weighted by Gasteiger charge is 2.32. The summed E-state index contributed by atoms with van der Waals surface area (Å²) < 4.78 is 0. The van der Waals surface area contributed by atoms with Crippen LogP contribution in [-0.2, 0) is 11.2 Å². The summed E-state index contributed by atoms with van der Waals surface area (Å²) in [6, 6.07) is 15.9. The molecule has 0 atom stereocenters. The number of para-hydroxylation sites is 1. The van der Waals surface area contributed by atoms with Gasteiger partial charge in [0, 0.05) is 36.8 Å². The van der Waals surface area contributed by atoms with Crippen LogP contribution in [0.3, 0.4) is 0 Å². The molecule has 27 heavy (non-hydrogen) atoms. The largest absolute Gasteiger partial charge is 0.339 e. The van der Waals surface area contributed by atoms with Crippen LogP contribution in [0.25, 0.3) is 0 Å². The summed E-state index contributed by atoms with van der Waals surface area (Å²) in [6.45, 7) is 4.12. The summed E-state index contributed by atoms with van der Waals surface area (Å²) in [6.07, 6.45) is 3.56. The van der Waals surface area contributed by atoms with Crippen LogP contribution < -0.4 is 4.90 Å². The number of carbonyl (C=O) groups is 2. The van der Waals surface area contributed by atoms with Crippen molar-refractivity contribution in [2.45, 2.75) is 32.6 Å².